The number of ether oxygens (including phenoxy) is 2. The van der Waals surface area contributed by atoms with Crippen molar-refractivity contribution in [2.45, 2.75) is 45.3 Å². The van der Waals surface area contributed by atoms with Gasteiger partial charge in [-0.05, 0) is 46.6 Å². The Bertz CT molecular complexity index is 171. The molecule has 0 radical (unpaired) electrons. The molecule has 1 fully saturated rings. The molecule has 0 aromatic carbocycles. The van der Waals surface area contributed by atoms with Gasteiger partial charge in [-0.15, -0.1) is 0 Å². The van der Waals surface area contributed by atoms with Crippen LogP contribution in [-0.4, -0.2) is 38.5 Å². The van der Waals surface area contributed by atoms with Gasteiger partial charge in [-0.2, -0.15) is 0 Å². The van der Waals surface area contributed by atoms with Crippen LogP contribution in [0.5, 0.6) is 0 Å². The quantitative estimate of drug-likeness (QED) is 0.776. The predicted octanol–water partition coefficient (Wildman–Crippen LogP) is 1.82. The first-order valence-corrected chi connectivity index (χ1v) is 5.92. The van der Waals surface area contributed by atoms with Gasteiger partial charge < -0.3 is 14.8 Å². The van der Waals surface area contributed by atoms with Gasteiger partial charge in [0, 0.05) is 12.6 Å². The third-order valence-corrected chi connectivity index (χ3v) is 2.83. The molecule has 0 spiro atoms. The highest BCUT2D eigenvalue weighted by atomic mass is 16.5. The topological polar surface area (TPSA) is 30.5 Å². The van der Waals surface area contributed by atoms with Crippen LogP contribution in [0.25, 0.3) is 0 Å². The molecular formula is C12H25NO2. The maximum atomic E-state index is 5.82. The van der Waals surface area contributed by atoms with Crippen molar-refractivity contribution in [3.05, 3.63) is 0 Å². The molecule has 3 nitrogen and oxygen atoms in total. The van der Waals surface area contributed by atoms with Gasteiger partial charge in [-0.25, -0.2) is 0 Å². The van der Waals surface area contributed by atoms with E-state index in [-0.39, 0.29) is 5.60 Å². The minimum absolute atomic E-state index is 0.0510. The predicted molar refractivity (Wildman–Crippen MR) is 62.1 cm³/mol. The van der Waals surface area contributed by atoms with Crippen molar-refractivity contribution in [2.75, 3.05) is 26.9 Å². The first-order chi connectivity index (χ1) is 7.03. The second kappa shape index (κ2) is 5.83. The van der Waals surface area contributed by atoms with Gasteiger partial charge >= 0.3 is 0 Å². The Morgan fingerprint density at radius 1 is 1.47 bits per heavy atom. The highest BCUT2D eigenvalue weighted by molar-refractivity contribution is 4.78. The average Bonchev–Trinajstić information content (AvgIpc) is 2.19. The van der Waals surface area contributed by atoms with E-state index in [2.05, 4.69) is 26.1 Å². The van der Waals surface area contributed by atoms with Gasteiger partial charge in [0.2, 0.25) is 0 Å². The molecule has 1 aliphatic heterocycles. The van der Waals surface area contributed by atoms with Crippen LogP contribution in [0.2, 0.25) is 0 Å². The van der Waals surface area contributed by atoms with Crippen molar-refractivity contribution >= 4 is 0 Å². The van der Waals surface area contributed by atoms with Crippen LogP contribution in [0.3, 0.4) is 0 Å². The fourth-order valence-corrected chi connectivity index (χ4v) is 1.88. The fourth-order valence-electron chi connectivity index (χ4n) is 1.88. The Kier molecular flexibility index (Phi) is 5.03. The molecule has 15 heavy (non-hydrogen) atoms. The van der Waals surface area contributed by atoms with Crippen LogP contribution in [-0.2, 0) is 9.47 Å². The lowest BCUT2D eigenvalue weighted by atomic mass is 9.94. The van der Waals surface area contributed by atoms with Gasteiger partial charge in [-0.1, -0.05) is 0 Å². The second-order valence-corrected chi connectivity index (χ2v) is 5.30. The van der Waals surface area contributed by atoms with E-state index in [4.69, 9.17) is 9.47 Å². The third-order valence-electron chi connectivity index (χ3n) is 2.83. The summed E-state index contributed by atoms with van der Waals surface area (Å²) in [6, 6.07) is 0.421. The monoisotopic (exact) mass is 215 g/mol. The molecule has 0 aromatic rings. The van der Waals surface area contributed by atoms with Gasteiger partial charge in [-0.3, -0.25) is 0 Å². The van der Waals surface area contributed by atoms with Gasteiger partial charge in [0.05, 0.1) is 18.8 Å². The lowest BCUT2D eigenvalue weighted by Crippen LogP contribution is -2.43. The molecule has 90 valence electrons. The van der Waals surface area contributed by atoms with Crippen molar-refractivity contribution in [1.82, 2.24) is 5.32 Å². The first-order valence-electron chi connectivity index (χ1n) is 5.92. The van der Waals surface area contributed by atoms with E-state index in [0.717, 1.165) is 19.8 Å². The van der Waals surface area contributed by atoms with Crippen LogP contribution in [0, 0.1) is 5.92 Å². The minimum atomic E-state index is -0.0510. The molecule has 0 aliphatic carbocycles. The van der Waals surface area contributed by atoms with Crippen LogP contribution in [0.15, 0.2) is 0 Å². The van der Waals surface area contributed by atoms with E-state index < -0.39 is 0 Å². The highest BCUT2D eigenvalue weighted by Gasteiger charge is 2.24. The zero-order valence-electron chi connectivity index (χ0n) is 10.5. The molecule has 1 aliphatic rings. The standard InChI is InChI=1S/C12H25NO2/c1-12(2,3)15-9-11(13-4)10-6-5-7-14-8-10/h10-11,13H,5-9H2,1-4H3. The lowest BCUT2D eigenvalue weighted by molar-refractivity contribution is -0.0381. The van der Waals surface area contributed by atoms with Crippen LogP contribution < -0.4 is 5.32 Å². The van der Waals surface area contributed by atoms with E-state index in [9.17, 15) is 0 Å². The summed E-state index contributed by atoms with van der Waals surface area (Å²) in [4.78, 5) is 0. The van der Waals surface area contributed by atoms with E-state index in [0.29, 0.717) is 12.0 Å². The third kappa shape index (κ3) is 4.96. The van der Waals surface area contributed by atoms with Crippen LogP contribution in [0.1, 0.15) is 33.6 Å². The van der Waals surface area contributed by atoms with Gasteiger partial charge in [0.1, 0.15) is 0 Å². The SMILES string of the molecule is CNC(COC(C)(C)C)C1CCCOC1. The fraction of sp³-hybridized carbons (Fsp3) is 1.00. The van der Waals surface area contributed by atoms with E-state index in [1.807, 2.05) is 7.05 Å². The van der Waals surface area contributed by atoms with Crippen LogP contribution >= 0.6 is 0 Å². The summed E-state index contributed by atoms with van der Waals surface area (Å²) in [6.45, 7) is 8.85. The Morgan fingerprint density at radius 3 is 2.67 bits per heavy atom. The largest absolute Gasteiger partial charge is 0.381 e. The van der Waals surface area contributed by atoms with Crippen molar-refractivity contribution < 1.29 is 9.47 Å². The molecule has 2 unspecified atom stereocenters. The number of rotatable bonds is 4. The number of nitrogens with one attached hydrogen (secondary N) is 1. The molecule has 1 heterocycles. The van der Waals surface area contributed by atoms with Crippen LogP contribution in [0.4, 0.5) is 0 Å². The lowest BCUT2D eigenvalue weighted by Gasteiger charge is -2.32. The molecule has 1 saturated heterocycles. The molecule has 0 saturated carbocycles. The Balaban J connectivity index is 2.34. The Labute approximate surface area is 93.5 Å². The number of hydrogen-bond donors (Lipinski definition) is 1. The van der Waals surface area contributed by atoms with Gasteiger partial charge in [0.15, 0.2) is 0 Å². The summed E-state index contributed by atoms with van der Waals surface area (Å²) in [7, 11) is 2.01. The maximum absolute atomic E-state index is 5.82. The molecule has 3 heteroatoms. The molecule has 2 atom stereocenters. The molecular weight excluding hydrogens is 190 g/mol. The van der Waals surface area contributed by atoms with E-state index in [1.165, 1.54) is 12.8 Å². The average molecular weight is 215 g/mol. The Morgan fingerprint density at radius 2 is 2.20 bits per heavy atom. The van der Waals surface area contributed by atoms with Crippen molar-refractivity contribution in [1.29, 1.82) is 0 Å². The number of likely N-dealkylation sites (N-methyl/N-ethyl adjacent to an activating group) is 1. The summed E-state index contributed by atoms with van der Waals surface area (Å²) in [5.41, 5.74) is -0.0510. The second-order valence-electron chi connectivity index (χ2n) is 5.30. The number of hydrogen-bond acceptors (Lipinski definition) is 3. The molecule has 0 amide bonds. The zero-order valence-corrected chi connectivity index (χ0v) is 10.5. The normalized spacial score (nSPS) is 25.2. The minimum Gasteiger partial charge on any atom is -0.381 e. The van der Waals surface area contributed by atoms with E-state index >= 15 is 0 Å². The molecule has 0 bridgehead atoms. The van der Waals surface area contributed by atoms with Crippen molar-refractivity contribution in [3.63, 3.8) is 0 Å². The summed E-state index contributed by atoms with van der Waals surface area (Å²) in [5, 5.41) is 3.34. The van der Waals surface area contributed by atoms with Gasteiger partial charge in [0.25, 0.3) is 0 Å². The highest BCUT2D eigenvalue weighted by Crippen LogP contribution is 2.19. The maximum Gasteiger partial charge on any atom is 0.0630 e. The zero-order chi connectivity index (χ0) is 11.3. The molecule has 1 N–H and O–H groups in total. The summed E-state index contributed by atoms with van der Waals surface area (Å²) < 4.78 is 11.3. The summed E-state index contributed by atoms with van der Waals surface area (Å²) in [5.74, 6) is 0.603. The van der Waals surface area contributed by atoms with Crippen molar-refractivity contribution in [3.8, 4) is 0 Å². The summed E-state index contributed by atoms with van der Waals surface area (Å²) >= 11 is 0. The Hall–Kier alpha value is -0.120. The molecule has 0 aromatic heterocycles. The first kappa shape index (κ1) is 12.9. The smallest absolute Gasteiger partial charge is 0.0630 e. The molecule has 1 rings (SSSR count). The van der Waals surface area contributed by atoms with E-state index in [1.54, 1.807) is 0 Å². The summed E-state index contributed by atoms with van der Waals surface area (Å²) in [6.07, 6.45) is 2.43. The van der Waals surface area contributed by atoms with Crippen molar-refractivity contribution in [2.24, 2.45) is 5.92 Å².